The van der Waals surface area contributed by atoms with E-state index in [1.54, 1.807) is 0 Å². The highest BCUT2D eigenvalue weighted by molar-refractivity contribution is 5.81. The van der Waals surface area contributed by atoms with Gasteiger partial charge in [0.25, 0.3) is 0 Å². The van der Waals surface area contributed by atoms with Crippen molar-refractivity contribution in [2.24, 2.45) is 11.8 Å². The summed E-state index contributed by atoms with van der Waals surface area (Å²) in [6.45, 7) is 6.14. The van der Waals surface area contributed by atoms with Crippen molar-refractivity contribution in [3.63, 3.8) is 0 Å². The molecule has 0 saturated heterocycles. The first kappa shape index (κ1) is 14.0. The summed E-state index contributed by atoms with van der Waals surface area (Å²) in [4.78, 5) is 22.9. The smallest absolute Gasteiger partial charge is 0.306 e. The van der Waals surface area contributed by atoms with Gasteiger partial charge in [0.15, 0.2) is 0 Å². The second kappa shape index (κ2) is 5.52. The summed E-state index contributed by atoms with van der Waals surface area (Å²) in [7, 11) is 0. The van der Waals surface area contributed by atoms with Crippen molar-refractivity contribution >= 4 is 11.9 Å². The maximum atomic E-state index is 12.0. The molecule has 0 unspecified atom stereocenters. The number of carboxylic acids is 1. The van der Waals surface area contributed by atoms with Gasteiger partial charge in [0.2, 0.25) is 5.91 Å². The summed E-state index contributed by atoms with van der Waals surface area (Å²) in [5.74, 6) is -1.19. The molecule has 98 valence electrons. The zero-order chi connectivity index (χ0) is 13.1. The fraction of sp³-hybridized carbons (Fsp3) is 0.846. The second-order valence-electron chi connectivity index (χ2n) is 5.30. The molecule has 1 rings (SSSR count). The van der Waals surface area contributed by atoms with Crippen LogP contribution in [0.25, 0.3) is 0 Å². The largest absolute Gasteiger partial charge is 0.481 e. The number of carbonyl (C=O) groups is 2. The van der Waals surface area contributed by atoms with Crippen molar-refractivity contribution in [1.29, 1.82) is 0 Å². The van der Waals surface area contributed by atoms with Crippen molar-refractivity contribution in [3.05, 3.63) is 0 Å². The van der Waals surface area contributed by atoms with E-state index >= 15 is 0 Å². The third kappa shape index (κ3) is 3.45. The highest BCUT2D eigenvalue weighted by Gasteiger charge is 2.35. The van der Waals surface area contributed by atoms with Gasteiger partial charge in [-0.2, -0.15) is 0 Å². The lowest BCUT2D eigenvalue weighted by atomic mass is 9.94. The second-order valence-corrected chi connectivity index (χ2v) is 5.30. The maximum Gasteiger partial charge on any atom is 0.306 e. The quantitative estimate of drug-likeness (QED) is 0.775. The molecule has 0 aromatic rings. The molecule has 0 bridgehead atoms. The van der Waals surface area contributed by atoms with E-state index in [0.29, 0.717) is 19.3 Å². The van der Waals surface area contributed by atoms with E-state index in [1.165, 1.54) is 0 Å². The number of hydrogen-bond donors (Lipinski definition) is 2. The Morgan fingerprint density at radius 1 is 1.24 bits per heavy atom. The molecule has 1 saturated carbocycles. The lowest BCUT2D eigenvalue weighted by Crippen LogP contribution is -2.47. The third-order valence-corrected chi connectivity index (χ3v) is 4.14. The van der Waals surface area contributed by atoms with E-state index < -0.39 is 5.97 Å². The number of carbonyl (C=O) groups excluding carboxylic acids is 1. The van der Waals surface area contributed by atoms with Gasteiger partial charge in [-0.25, -0.2) is 0 Å². The Labute approximate surface area is 103 Å². The van der Waals surface area contributed by atoms with Gasteiger partial charge >= 0.3 is 5.97 Å². The summed E-state index contributed by atoms with van der Waals surface area (Å²) < 4.78 is 0. The molecule has 2 atom stereocenters. The Bertz CT molecular complexity index is 297. The molecular weight excluding hydrogens is 218 g/mol. The normalized spacial score (nSPS) is 24.6. The number of amides is 1. The van der Waals surface area contributed by atoms with Crippen LogP contribution in [0.5, 0.6) is 0 Å². The lowest BCUT2D eigenvalue weighted by Gasteiger charge is -2.29. The van der Waals surface area contributed by atoms with Crippen LogP contribution in [0.15, 0.2) is 0 Å². The number of carboxylic acid groups (broad SMARTS) is 1. The minimum absolute atomic E-state index is 0.0277. The zero-order valence-corrected chi connectivity index (χ0v) is 11.0. The minimum Gasteiger partial charge on any atom is -0.481 e. The molecule has 2 N–H and O–H groups in total. The van der Waals surface area contributed by atoms with E-state index in [0.717, 1.165) is 12.8 Å². The first-order chi connectivity index (χ1) is 7.91. The molecular formula is C13H23NO3. The summed E-state index contributed by atoms with van der Waals surface area (Å²) >= 11 is 0. The first-order valence-electron chi connectivity index (χ1n) is 6.46. The Hall–Kier alpha value is -1.06. The van der Waals surface area contributed by atoms with Gasteiger partial charge in [0, 0.05) is 11.5 Å². The predicted octanol–water partition coefficient (Wildman–Crippen LogP) is 2.18. The molecule has 4 nitrogen and oxygen atoms in total. The summed E-state index contributed by atoms with van der Waals surface area (Å²) in [6, 6.07) is 0. The van der Waals surface area contributed by atoms with Crippen molar-refractivity contribution in [2.45, 2.75) is 58.4 Å². The van der Waals surface area contributed by atoms with Crippen LogP contribution < -0.4 is 5.32 Å². The van der Waals surface area contributed by atoms with Crippen LogP contribution in [0.4, 0.5) is 0 Å². The summed E-state index contributed by atoms with van der Waals surface area (Å²) in [5.41, 5.74) is -0.154. The molecule has 0 heterocycles. The van der Waals surface area contributed by atoms with E-state index in [-0.39, 0.29) is 23.3 Å². The van der Waals surface area contributed by atoms with Crippen LogP contribution in [-0.4, -0.2) is 22.5 Å². The van der Waals surface area contributed by atoms with Crippen LogP contribution in [-0.2, 0) is 9.59 Å². The SMILES string of the molecule is CCC(C)(CC)NC(=O)[C@@H]1CC[C@H](C(=O)O)C1. The molecule has 0 aromatic carbocycles. The molecule has 17 heavy (non-hydrogen) atoms. The Morgan fingerprint density at radius 2 is 1.76 bits per heavy atom. The van der Waals surface area contributed by atoms with Gasteiger partial charge in [-0.15, -0.1) is 0 Å². The molecule has 0 aromatic heterocycles. The van der Waals surface area contributed by atoms with Gasteiger partial charge < -0.3 is 10.4 Å². The summed E-state index contributed by atoms with van der Waals surface area (Å²) in [6.07, 6.45) is 3.61. The monoisotopic (exact) mass is 241 g/mol. The Morgan fingerprint density at radius 3 is 2.18 bits per heavy atom. The van der Waals surface area contributed by atoms with Crippen LogP contribution in [0.2, 0.25) is 0 Å². The maximum absolute atomic E-state index is 12.0. The minimum atomic E-state index is -0.769. The standard InChI is InChI=1S/C13H23NO3/c1-4-13(3,5-2)14-11(15)9-6-7-10(8-9)12(16)17/h9-10H,4-8H2,1-3H3,(H,14,15)(H,16,17)/t9-,10+/m1/s1. The molecule has 1 amide bonds. The molecule has 0 aliphatic heterocycles. The molecule has 0 spiro atoms. The van der Waals surface area contributed by atoms with Gasteiger partial charge in [0.05, 0.1) is 5.92 Å². The fourth-order valence-corrected chi connectivity index (χ4v) is 2.27. The molecule has 1 aliphatic carbocycles. The van der Waals surface area contributed by atoms with Crippen LogP contribution >= 0.6 is 0 Å². The molecule has 0 radical (unpaired) electrons. The zero-order valence-electron chi connectivity index (χ0n) is 11.0. The van der Waals surface area contributed by atoms with Gasteiger partial charge in [-0.05, 0) is 39.0 Å². The van der Waals surface area contributed by atoms with Crippen molar-refractivity contribution < 1.29 is 14.7 Å². The fourth-order valence-electron chi connectivity index (χ4n) is 2.27. The number of nitrogens with one attached hydrogen (secondary N) is 1. The Balaban J connectivity index is 2.52. The van der Waals surface area contributed by atoms with E-state index in [4.69, 9.17) is 5.11 Å². The number of rotatable bonds is 5. The lowest BCUT2D eigenvalue weighted by molar-refractivity contribution is -0.141. The first-order valence-corrected chi connectivity index (χ1v) is 6.46. The van der Waals surface area contributed by atoms with Crippen molar-refractivity contribution in [3.8, 4) is 0 Å². The average molecular weight is 241 g/mol. The molecule has 4 heteroatoms. The van der Waals surface area contributed by atoms with E-state index in [2.05, 4.69) is 19.2 Å². The van der Waals surface area contributed by atoms with Gasteiger partial charge in [-0.1, -0.05) is 13.8 Å². The molecule has 1 aliphatic rings. The molecule has 1 fully saturated rings. The number of aliphatic carboxylic acids is 1. The topological polar surface area (TPSA) is 66.4 Å². The van der Waals surface area contributed by atoms with Gasteiger partial charge in [-0.3, -0.25) is 9.59 Å². The van der Waals surface area contributed by atoms with Crippen LogP contribution in [0, 0.1) is 11.8 Å². The van der Waals surface area contributed by atoms with Crippen LogP contribution in [0.1, 0.15) is 52.9 Å². The predicted molar refractivity (Wildman–Crippen MR) is 65.6 cm³/mol. The number of hydrogen-bond acceptors (Lipinski definition) is 2. The Kier molecular flexibility index (Phi) is 4.54. The van der Waals surface area contributed by atoms with E-state index in [9.17, 15) is 9.59 Å². The third-order valence-electron chi connectivity index (χ3n) is 4.14. The average Bonchev–Trinajstić information content (AvgIpc) is 2.78. The highest BCUT2D eigenvalue weighted by atomic mass is 16.4. The van der Waals surface area contributed by atoms with E-state index in [1.807, 2.05) is 6.92 Å². The van der Waals surface area contributed by atoms with Crippen molar-refractivity contribution in [1.82, 2.24) is 5.32 Å². The van der Waals surface area contributed by atoms with Gasteiger partial charge in [0.1, 0.15) is 0 Å². The highest BCUT2D eigenvalue weighted by Crippen LogP contribution is 2.31. The van der Waals surface area contributed by atoms with Crippen LogP contribution in [0.3, 0.4) is 0 Å². The summed E-state index contributed by atoms with van der Waals surface area (Å²) in [5, 5.41) is 12.0. The van der Waals surface area contributed by atoms with Crippen molar-refractivity contribution in [2.75, 3.05) is 0 Å².